The second kappa shape index (κ2) is 7.37. The van der Waals surface area contributed by atoms with Gasteiger partial charge in [-0.25, -0.2) is 0 Å². The number of hydrogen-bond acceptors (Lipinski definition) is 1. The van der Waals surface area contributed by atoms with Gasteiger partial charge in [0.15, 0.2) is 0 Å². The summed E-state index contributed by atoms with van der Waals surface area (Å²) in [4.78, 5) is 0. The maximum atomic E-state index is 9.51. The van der Waals surface area contributed by atoms with Crippen LogP contribution in [0, 0.1) is 11.3 Å². The van der Waals surface area contributed by atoms with E-state index in [1.54, 1.807) is 0 Å². The van der Waals surface area contributed by atoms with E-state index in [9.17, 15) is 5.26 Å². The fraction of sp³-hybridized carbons (Fsp3) is 0. The van der Waals surface area contributed by atoms with Crippen LogP contribution in [0.25, 0.3) is 49.4 Å². The highest BCUT2D eigenvalue weighted by molar-refractivity contribution is 9.10. The number of nitriles is 1. The minimum Gasteiger partial charge on any atom is -0.309 e. The van der Waals surface area contributed by atoms with Crippen molar-refractivity contribution in [2.24, 2.45) is 0 Å². The number of fused-ring (bicyclic) bond motifs is 4. The lowest BCUT2D eigenvalue weighted by Crippen LogP contribution is -1.93. The Labute approximate surface area is 194 Å². The molecule has 0 fully saturated rings. The van der Waals surface area contributed by atoms with Crippen LogP contribution in [0.5, 0.6) is 0 Å². The van der Waals surface area contributed by atoms with Gasteiger partial charge in [0.05, 0.1) is 22.7 Å². The van der Waals surface area contributed by atoms with Crippen molar-refractivity contribution in [3.05, 3.63) is 113 Å². The van der Waals surface area contributed by atoms with Gasteiger partial charge in [-0.3, -0.25) is 0 Å². The summed E-state index contributed by atoms with van der Waals surface area (Å²) in [6, 6.07) is 38.0. The summed E-state index contributed by atoms with van der Waals surface area (Å²) in [6.45, 7) is 0. The molecule has 32 heavy (non-hydrogen) atoms. The minimum absolute atomic E-state index is 0.670. The molecule has 0 spiro atoms. The Bertz CT molecular complexity index is 1690. The van der Waals surface area contributed by atoms with Crippen molar-refractivity contribution < 1.29 is 0 Å². The van der Waals surface area contributed by atoms with Crippen molar-refractivity contribution in [3.63, 3.8) is 0 Å². The number of halogens is 1. The van der Waals surface area contributed by atoms with E-state index >= 15 is 0 Å². The zero-order valence-electron chi connectivity index (χ0n) is 17.1. The fourth-order valence-electron chi connectivity index (χ4n) is 4.63. The summed E-state index contributed by atoms with van der Waals surface area (Å²) < 4.78 is 3.37. The number of benzene rings is 5. The van der Waals surface area contributed by atoms with Crippen molar-refractivity contribution in [1.29, 1.82) is 5.26 Å². The third-order valence-corrected chi connectivity index (χ3v) is 6.78. The molecule has 5 aromatic carbocycles. The molecule has 1 aromatic heterocycles. The smallest absolute Gasteiger partial charge is 0.0991 e. The van der Waals surface area contributed by atoms with Crippen molar-refractivity contribution in [2.75, 3.05) is 0 Å². The summed E-state index contributed by atoms with van der Waals surface area (Å²) in [5.74, 6) is 0. The van der Waals surface area contributed by atoms with E-state index in [0.717, 1.165) is 37.5 Å². The average molecular weight is 473 g/mol. The van der Waals surface area contributed by atoms with E-state index in [2.05, 4.69) is 111 Å². The van der Waals surface area contributed by atoms with Crippen molar-refractivity contribution in [2.45, 2.75) is 0 Å². The lowest BCUT2D eigenvalue weighted by atomic mass is 9.97. The molecule has 0 atom stereocenters. The van der Waals surface area contributed by atoms with Gasteiger partial charge in [-0.2, -0.15) is 5.26 Å². The van der Waals surface area contributed by atoms with Gasteiger partial charge in [0.2, 0.25) is 0 Å². The molecular weight excluding hydrogens is 456 g/mol. The molecule has 6 rings (SSSR count). The molecule has 1 heterocycles. The number of aromatic nitrogens is 1. The standard InChI is InChI=1S/C29H17BrN2/c30-27-13-12-22(23-8-4-5-9-24(23)27)20-11-15-29-26(17-20)25-16-19(18-31)10-14-28(25)32(29)21-6-2-1-3-7-21/h1-17H. The summed E-state index contributed by atoms with van der Waals surface area (Å²) in [5, 5.41) is 14.2. The predicted octanol–water partition coefficient (Wildman–Crippen LogP) is 8.24. The highest BCUT2D eigenvalue weighted by Gasteiger charge is 2.15. The first-order valence-electron chi connectivity index (χ1n) is 10.5. The summed E-state index contributed by atoms with van der Waals surface area (Å²) >= 11 is 3.69. The second-order valence-corrected chi connectivity index (χ2v) is 8.74. The summed E-state index contributed by atoms with van der Waals surface area (Å²) in [6.07, 6.45) is 0. The monoisotopic (exact) mass is 472 g/mol. The molecule has 0 amide bonds. The molecule has 0 radical (unpaired) electrons. The van der Waals surface area contributed by atoms with E-state index in [0.29, 0.717) is 5.56 Å². The predicted molar refractivity (Wildman–Crippen MR) is 136 cm³/mol. The van der Waals surface area contributed by atoms with Crippen LogP contribution in [-0.4, -0.2) is 4.57 Å². The molecule has 0 saturated carbocycles. The Kier molecular flexibility index (Phi) is 4.35. The first kappa shape index (κ1) is 18.9. The number of para-hydroxylation sites is 1. The Morgan fingerprint density at radius 2 is 1.31 bits per heavy atom. The Hall–Kier alpha value is -3.87. The molecule has 0 saturated heterocycles. The van der Waals surface area contributed by atoms with Gasteiger partial charge in [-0.05, 0) is 70.4 Å². The molecule has 6 aromatic rings. The van der Waals surface area contributed by atoms with Crippen LogP contribution in [0.4, 0.5) is 0 Å². The summed E-state index contributed by atoms with van der Waals surface area (Å²) in [7, 11) is 0. The van der Waals surface area contributed by atoms with Gasteiger partial charge in [0.1, 0.15) is 0 Å². The lowest BCUT2D eigenvalue weighted by molar-refractivity contribution is 1.18. The quantitative estimate of drug-likeness (QED) is 0.249. The van der Waals surface area contributed by atoms with Crippen molar-refractivity contribution >= 4 is 48.5 Å². The average Bonchev–Trinajstić information content (AvgIpc) is 3.18. The third kappa shape index (κ3) is 2.85. The minimum atomic E-state index is 0.670. The lowest BCUT2D eigenvalue weighted by Gasteiger charge is -2.10. The highest BCUT2D eigenvalue weighted by Crippen LogP contribution is 2.38. The van der Waals surface area contributed by atoms with Crippen molar-refractivity contribution in [1.82, 2.24) is 4.57 Å². The van der Waals surface area contributed by atoms with Crippen LogP contribution in [0.15, 0.2) is 108 Å². The van der Waals surface area contributed by atoms with E-state index < -0.39 is 0 Å². The topological polar surface area (TPSA) is 28.7 Å². The molecular formula is C29H17BrN2. The molecule has 3 heteroatoms. The van der Waals surface area contributed by atoms with Crippen LogP contribution in [0.3, 0.4) is 0 Å². The molecule has 150 valence electrons. The van der Waals surface area contributed by atoms with Crippen LogP contribution >= 0.6 is 15.9 Å². The van der Waals surface area contributed by atoms with E-state index in [1.807, 2.05) is 18.2 Å². The van der Waals surface area contributed by atoms with Crippen molar-refractivity contribution in [3.8, 4) is 22.9 Å². The first-order valence-corrected chi connectivity index (χ1v) is 11.3. The maximum Gasteiger partial charge on any atom is 0.0991 e. The number of rotatable bonds is 2. The molecule has 0 unspecified atom stereocenters. The second-order valence-electron chi connectivity index (χ2n) is 7.89. The van der Waals surface area contributed by atoms with Crippen LogP contribution in [-0.2, 0) is 0 Å². The number of hydrogen-bond donors (Lipinski definition) is 0. The zero-order chi connectivity index (χ0) is 21.7. The van der Waals surface area contributed by atoms with Gasteiger partial charge < -0.3 is 4.57 Å². The molecule has 2 nitrogen and oxygen atoms in total. The van der Waals surface area contributed by atoms with E-state index in [-0.39, 0.29) is 0 Å². The molecule has 0 aliphatic carbocycles. The van der Waals surface area contributed by atoms with Gasteiger partial charge in [0.25, 0.3) is 0 Å². The molecule has 0 bridgehead atoms. The normalized spacial score (nSPS) is 11.2. The Morgan fingerprint density at radius 3 is 2.09 bits per heavy atom. The van der Waals surface area contributed by atoms with Gasteiger partial charge in [0, 0.05) is 20.9 Å². The van der Waals surface area contributed by atoms with Crippen LogP contribution < -0.4 is 0 Å². The third-order valence-electron chi connectivity index (χ3n) is 6.09. The largest absolute Gasteiger partial charge is 0.309 e. The highest BCUT2D eigenvalue weighted by atomic mass is 79.9. The molecule has 0 aliphatic rings. The van der Waals surface area contributed by atoms with Gasteiger partial charge in [-0.1, -0.05) is 70.5 Å². The zero-order valence-corrected chi connectivity index (χ0v) is 18.7. The SMILES string of the molecule is N#Cc1ccc2c(c1)c1cc(-c3ccc(Br)c4ccccc34)ccc1n2-c1ccccc1. The van der Waals surface area contributed by atoms with Crippen LogP contribution in [0.2, 0.25) is 0 Å². The van der Waals surface area contributed by atoms with Gasteiger partial charge in [-0.15, -0.1) is 0 Å². The first-order chi connectivity index (χ1) is 15.7. The van der Waals surface area contributed by atoms with Crippen LogP contribution in [0.1, 0.15) is 5.56 Å². The van der Waals surface area contributed by atoms with E-state index in [1.165, 1.54) is 16.3 Å². The Balaban J connectivity index is 1.70. The maximum absolute atomic E-state index is 9.51. The molecule has 0 aliphatic heterocycles. The molecule has 0 N–H and O–H groups in total. The summed E-state index contributed by atoms with van der Waals surface area (Å²) in [5.41, 5.74) is 6.37. The fourth-order valence-corrected chi connectivity index (χ4v) is 5.11. The van der Waals surface area contributed by atoms with Gasteiger partial charge >= 0.3 is 0 Å². The number of nitrogens with zero attached hydrogens (tertiary/aromatic N) is 2. The van der Waals surface area contributed by atoms with E-state index in [4.69, 9.17) is 0 Å². The Morgan fingerprint density at radius 1 is 0.625 bits per heavy atom.